The van der Waals surface area contributed by atoms with Gasteiger partial charge in [-0.1, -0.05) is 0 Å². The van der Waals surface area contributed by atoms with Crippen molar-refractivity contribution in [3.8, 4) is 0 Å². The average Bonchev–Trinajstić information content (AvgIpc) is 2.16. The Bertz CT molecular complexity index is 345. The number of nitrogens with zero attached hydrogens (tertiary/aromatic N) is 2. The van der Waals surface area contributed by atoms with E-state index in [0.717, 1.165) is 24.4 Å². The molecule has 0 unspecified atom stereocenters. The highest BCUT2D eigenvalue weighted by molar-refractivity contribution is 5.30. The van der Waals surface area contributed by atoms with Crippen LogP contribution in [-0.4, -0.2) is 9.97 Å². The second kappa shape index (κ2) is 3.65. The van der Waals surface area contributed by atoms with Crippen LogP contribution in [0, 0.1) is 6.92 Å². The van der Waals surface area contributed by atoms with Crippen molar-refractivity contribution in [3.63, 3.8) is 0 Å². The first kappa shape index (κ1) is 9.59. The molecule has 3 nitrogen and oxygen atoms in total. The van der Waals surface area contributed by atoms with Crippen molar-refractivity contribution in [1.82, 2.24) is 9.97 Å². The molecule has 0 aromatic carbocycles. The van der Waals surface area contributed by atoms with E-state index in [-0.39, 0.29) is 6.04 Å². The molecule has 0 bridgehead atoms. The first-order valence-electron chi connectivity index (χ1n) is 5.30. The molecule has 0 radical (unpaired) electrons. The summed E-state index contributed by atoms with van der Waals surface area (Å²) in [4.78, 5) is 8.94. The van der Waals surface area contributed by atoms with Gasteiger partial charge in [0.2, 0.25) is 0 Å². The Labute approximate surface area is 84.8 Å². The van der Waals surface area contributed by atoms with Crippen LogP contribution in [0.2, 0.25) is 0 Å². The van der Waals surface area contributed by atoms with Crippen LogP contribution in [0.15, 0.2) is 0 Å². The molecule has 3 heteroatoms. The van der Waals surface area contributed by atoms with Crippen molar-refractivity contribution >= 4 is 0 Å². The predicted molar refractivity (Wildman–Crippen MR) is 56.0 cm³/mol. The largest absolute Gasteiger partial charge is 0.323 e. The maximum Gasteiger partial charge on any atom is 0.125 e. The van der Waals surface area contributed by atoms with E-state index in [9.17, 15) is 0 Å². The number of aromatic nitrogens is 2. The number of fused-ring (bicyclic) bond motifs is 1. The molecule has 1 aliphatic rings. The fraction of sp³-hybridized carbons (Fsp3) is 0.636. The van der Waals surface area contributed by atoms with Gasteiger partial charge in [-0.05, 0) is 45.1 Å². The molecule has 1 aromatic rings. The monoisotopic (exact) mass is 191 g/mol. The van der Waals surface area contributed by atoms with Crippen molar-refractivity contribution in [2.45, 2.75) is 45.6 Å². The lowest BCUT2D eigenvalue weighted by Crippen LogP contribution is -2.17. The lowest BCUT2D eigenvalue weighted by atomic mass is 9.93. The third-order valence-corrected chi connectivity index (χ3v) is 2.76. The van der Waals surface area contributed by atoms with E-state index in [1.807, 2.05) is 13.8 Å². The Morgan fingerprint density at radius 1 is 1.21 bits per heavy atom. The molecular formula is C11H17N3. The van der Waals surface area contributed by atoms with Crippen LogP contribution in [-0.2, 0) is 12.8 Å². The maximum atomic E-state index is 5.92. The van der Waals surface area contributed by atoms with Crippen molar-refractivity contribution in [1.29, 1.82) is 0 Å². The van der Waals surface area contributed by atoms with E-state index in [1.165, 1.54) is 24.1 Å². The topological polar surface area (TPSA) is 51.8 Å². The molecular weight excluding hydrogens is 174 g/mol. The molecule has 0 spiro atoms. The van der Waals surface area contributed by atoms with E-state index in [0.29, 0.717) is 0 Å². The van der Waals surface area contributed by atoms with Crippen LogP contribution in [0.1, 0.15) is 48.6 Å². The normalized spacial score (nSPS) is 17.6. The number of aryl methyl sites for hydroxylation is 2. The van der Waals surface area contributed by atoms with E-state index >= 15 is 0 Å². The summed E-state index contributed by atoms with van der Waals surface area (Å²) in [6, 6.07) is 0.0311. The smallest absolute Gasteiger partial charge is 0.125 e. The number of hydrogen-bond acceptors (Lipinski definition) is 3. The quantitative estimate of drug-likeness (QED) is 0.734. The van der Waals surface area contributed by atoms with Crippen molar-refractivity contribution < 1.29 is 0 Å². The highest BCUT2D eigenvalue weighted by Crippen LogP contribution is 2.24. The van der Waals surface area contributed by atoms with Crippen LogP contribution >= 0.6 is 0 Å². The van der Waals surface area contributed by atoms with Gasteiger partial charge in [-0.25, -0.2) is 9.97 Å². The van der Waals surface area contributed by atoms with Crippen molar-refractivity contribution in [2.75, 3.05) is 0 Å². The summed E-state index contributed by atoms with van der Waals surface area (Å²) in [6.07, 6.45) is 4.70. The Hall–Kier alpha value is -0.960. The molecule has 0 saturated carbocycles. The van der Waals surface area contributed by atoms with Crippen LogP contribution in [0.25, 0.3) is 0 Å². The van der Waals surface area contributed by atoms with Gasteiger partial charge in [-0.15, -0.1) is 0 Å². The Morgan fingerprint density at radius 3 is 2.64 bits per heavy atom. The summed E-state index contributed by atoms with van der Waals surface area (Å²) in [6.45, 7) is 3.94. The minimum absolute atomic E-state index is 0.0311. The second-order valence-electron chi connectivity index (χ2n) is 4.08. The minimum atomic E-state index is 0.0311. The highest BCUT2D eigenvalue weighted by atomic mass is 14.9. The molecule has 2 N–H and O–H groups in total. The molecule has 0 amide bonds. The zero-order chi connectivity index (χ0) is 10.1. The lowest BCUT2D eigenvalue weighted by Gasteiger charge is -2.20. The molecule has 76 valence electrons. The summed E-state index contributed by atoms with van der Waals surface area (Å²) in [5, 5.41) is 0. The van der Waals surface area contributed by atoms with Crippen molar-refractivity contribution in [2.24, 2.45) is 5.73 Å². The number of hydrogen-bond donors (Lipinski definition) is 1. The van der Waals surface area contributed by atoms with E-state index < -0.39 is 0 Å². The summed E-state index contributed by atoms with van der Waals surface area (Å²) < 4.78 is 0. The van der Waals surface area contributed by atoms with Crippen LogP contribution in [0.3, 0.4) is 0 Å². The van der Waals surface area contributed by atoms with E-state index in [4.69, 9.17) is 5.73 Å². The summed E-state index contributed by atoms with van der Waals surface area (Å²) in [7, 11) is 0. The lowest BCUT2D eigenvalue weighted by molar-refractivity contribution is 0.629. The van der Waals surface area contributed by atoms with Gasteiger partial charge in [-0.3, -0.25) is 0 Å². The van der Waals surface area contributed by atoms with Gasteiger partial charge in [0.1, 0.15) is 5.82 Å². The van der Waals surface area contributed by atoms with Gasteiger partial charge < -0.3 is 5.73 Å². The Balaban J connectivity index is 2.52. The standard InChI is InChI=1S/C11H17N3/c1-7(12)11-9-5-3-4-6-10(9)13-8(2)14-11/h7H,3-6,12H2,1-2H3/t7-/m0/s1. The van der Waals surface area contributed by atoms with Crippen LogP contribution < -0.4 is 5.73 Å². The molecule has 1 atom stereocenters. The summed E-state index contributed by atoms with van der Waals surface area (Å²) in [5.74, 6) is 0.859. The minimum Gasteiger partial charge on any atom is -0.323 e. The first-order chi connectivity index (χ1) is 6.68. The molecule has 14 heavy (non-hydrogen) atoms. The maximum absolute atomic E-state index is 5.92. The van der Waals surface area contributed by atoms with E-state index in [2.05, 4.69) is 9.97 Å². The predicted octanol–water partition coefficient (Wildman–Crippen LogP) is 1.68. The molecule has 2 rings (SSSR count). The molecule has 1 aliphatic carbocycles. The SMILES string of the molecule is Cc1nc2c(c([C@H](C)N)n1)CCCC2. The zero-order valence-corrected chi connectivity index (χ0v) is 8.88. The van der Waals surface area contributed by atoms with Gasteiger partial charge in [0.05, 0.1) is 5.69 Å². The van der Waals surface area contributed by atoms with Gasteiger partial charge in [-0.2, -0.15) is 0 Å². The molecule has 1 heterocycles. The molecule has 0 aliphatic heterocycles. The number of nitrogens with two attached hydrogens (primary N) is 1. The van der Waals surface area contributed by atoms with Crippen LogP contribution in [0.5, 0.6) is 0 Å². The fourth-order valence-electron chi connectivity index (χ4n) is 2.13. The van der Waals surface area contributed by atoms with Gasteiger partial charge in [0.25, 0.3) is 0 Å². The van der Waals surface area contributed by atoms with Gasteiger partial charge >= 0.3 is 0 Å². The zero-order valence-electron chi connectivity index (χ0n) is 8.88. The molecule has 0 fully saturated rings. The van der Waals surface area contributed by atoms with Crippen LogP contribution in [0.4, 0.5) is 0 Å². The first-order valence-corrected chi connectivity index (χ1v) is 5.30. The summed E-state index contributed by atoms with van der Waals surface area (Å²) in [5.41, 5.74) is 9.53. The third-order valence-electron chi connectivity index (χ3n) is 2.76. The third kappa shape index (κ3) is 1.64. The fourth-order valence-corrected chi connectivity index (χ4v) is 2.13. The molecule has 1 aromatic heterocycles. The Morgan fingerprint density at radius 2 is 1.93 bits per heavy atom. The number of rotatable bonds is 1. The van der Waals surface area contributed by atoms with Crippen molar-refractivity contribution in [3.05, 3.63) is 22.8 Å². The molecule has 0 saturated heterocycles. The van der Waals surface area contributed by atoms with Gasteiger partial charge in [0, 0.05) is 11.7 Å². The highest BCUT2D eigenvalue weighted by Gasteiger charge is 2.18. The summed E-state index contributed by atoms with van der Waals surface area (Å²) >= 11 is 0. The van der Waals surface area contributed by atoms with E-state index in [1.54, 1.807) is 0 Å². The average molecular weight is 191 g/mol. The second-order valence-corrected chi connectivity index (χ2v) is 4.08. The Kier molecular flexibility index (Phi) is 2.50. The van der Waals surface area contributed by atoms with Gasteiger partial charge in [0.15, 0.2) is 0 Å².